The van der Waals surface area contributed by atoms with E-state index in [2.05, 4.69) is 15.6 Å². The summed E-state index contributed by atoms with van der Waals surface area (Å²) in [5.41, 5.74) is 0.573. The predicted molar refractivity (Wildman–Crippen MR) is 113 cm³/mol. The number of rotatable bonds is 8. The molecule has 0 unspecified atom stereocenters. The molecule has 0 saturated heterocycles. The summed E-state index contributed by atoms with van der Waals surface area (Å²) in [5.74, 6) is -0.590. The van der Waals surface area contributed by atoms with E-state index >= 15 is 0 Å². The largest absolute Gasteiger partial charge is 0.493 e. The molecule has 0 atom stereocenters. The molecule has 162 valence electrons. The van der Waals surface area contributed by atoms with Gasteiger partial charge >= 0.3 is 0 Å². The molecular weight excluding hydrogens is 425 g/mol. The molecule has 8 nitrogen and oxygen atoms in total. The van der Waals surface area contributed by atoms with Gasteiger partial charge in [-0.2, -0.15) is 0 Å². The van der Waals surface area contributed by atoms with Crippen LogP contribution in [0.5, 0.6) is 11.5 Å². The second-order valence-electron chi connectivity index (χ2n) is 6.30. The third-order valence-corrected chi connectivity index (χ3v) is 6.07. The molecule has 3 aromatic rings. The molecule has 2 N–H and O–H groups in total. The minimum Gasteiger partial charge on any atom is -0.493 e. The van der Waals surface area contributed by atoms with Gasteiger partial charge in [-0.25, -0.2) is 12.8 Å². The Morgan fingerprint density at radius 3 is 2.52 bits per heavy atom. The zero-order valence-electron chi connectivity index (χ0n) is 16.8. The van der Waals surface area contributed by atoms with Crippen molar-refractivity contribution in [2.24, 2.45) is 0 Å². The summed E-state index contributed by atoms with van der Waals surface area (Å²) in [7, 11) is -1.33. The Labute approximate surface area is 179 Å². The van der Waals surface area contributed by atoms with Crippen LogP contribution in [0.4, 0.5) is 15.8 Å². The van der Waals surface area contributed by atoms with Crippen LogP contribution in [-0.2, 0) is 14.6 Å². The number of carbonyl (C=O) groups excluding carboxylic acids is 1. The van der Waals surface area contributed by atoms with E-state index in [9.17, 15) is 17.6 Å². The van der Waals surface area contributed by atoms with Gasteiger partial charge in [0, 0.05) is 12.3 Å². The Morgan fingerprint density at radius 1 is 1.06 bits per heavy atom. The van der Waals surface area contributed by atoms with Gasteiger partial charge in [0.2, 0.25) is 15.7 Å². The minimum absolute atomic E-state index is 0.0810. The lowest BCUT2D eigenvalue weighted by Gasteiger charge is -2.14. The van der Waals surface area contributed by atoms with E-state index in [0.29, 0.717) is 11.4 Å². The van der Waals surface area contributed by atoms with Crippen LogP contribution >= 0.6 is 0 Å². The molecular formula is C21H20FN3O5S. The van der Waals surface area contributed by atoms with Crippen LogP contribution in [0.25, 0.3) is 0 Å². The highest BCUT2D eigenvalue weighted by Gasteiger charge is 2.24. The molecule has 1 heterocycles. The maximum Gasteiger partial charge on any atom is 0.243 e. The number of pyridine rings is 1. The molecule has 2 aromatic carbocycles. The molecule has 0 fully saturated rings. The van der Waals surface area contributed by atoms with Gasteiger partial charge in [0.05, 0.1) is 48.1 Å². The Kier molecular flexibility index (Phi) is 6.71. The fourth-order valence-corrected chi connectivity index (χ4v) is 4.25. The van der Waals surface area contributed by atoms with Gasteiger partial charge in [0.15, 0.2) is 11.5 Å². The zero-order valence-corrected chi connectivity index (χ0v) is 17.6. The van der Waals surface area contributed by atoms with Crippen molar-refractivity contribution in [1.29, 1.82) is 0 Å². The lowest BCUT2D eigenvalue weighted by molar-refractivity contribution is -0.114. The molecule has 0 aliphatic rings. The highest BCUT2D eigenvalue weighted by molar-refractivity contribution is 7.91. The molecule has 31 heavy (non-hydrogen) atoms. The zero-order chi connectivity index (χ0) is 22.4. The number of hydrogen-bond acceptors (Lipinski definition) is 7. The Bertz CT molecular complexity index is 1190. The number of nitrogens with zero attached hydrogens (tertiary/aromatic N) is 1. The smallest absolute Gasteiger partial charge is 0.243 e. The van der Waals surface area contributed by atoms with Crippen molar-refractivity contribution >= 4 is 27.1 Å². The molecule has 0 saturated carbocycles. The van der Waals surface area contributed by atoms with Crippen molar-refractivity contribution in [1.82, 2.24) is 4.98 Å². The summed E-state index contributed by atoms with van der Waals surface area (Å²) in [6.45, 7) is -0.241. The van der Waals surface area contributed by atoms with Crippen LogP contribution in [0.3, 0.4) is 0 Å². The van der Waals surface area contributed by atoms with Gasteiger partial charge in [0.1, 0.15) is 5.82 Å². The van der Waals surface area contributed by atoms with Crippen LogP contribution in [0.1, 0.15) is 0 Å². The third-order valence-electron chi connectivity index (χ3n) is 4.28. The van der Waals surface area contributed by atoms with E-state index in [4.69, 9.17) is 9.47 Å². The number of anilines is 2. The molecule has 0 bridgehead atoms. The lowest BCUT2D eigenvalue weighted by Crippen LogP contribution is -2.22. The van der Waals surface area contributed by atoms with E-state index in [0.717, 1.165) is 12.1 Å². The summed E-state index contributed by atoms with van der Waals surface area (Å²) in [5, 5.41) is 5.38. The van der Waals surface area contributed by atoms with Crippen molar-refractivity contribution in [3.05, 3.63) is 66.7 Å². The number of methoxy groups -OCH3 is 2. The molecule has 10 heteroatoms. The van der Waals surface area contributed by atoms with E-state index in [-0.39, 0.29) is 27.8 Å². The third kappa shape index (κ3) is 5.10. The number of amides is 1. The maximum atomic E-state index is 13.9. The summed E-state index contributed by atoms with van der Waals surface area (Å²) in [6, 6.07) is 10.7. The van der Waals surface area contributed by atoms with Crippen molar-refractivity contribution < 1.29 is 27.1 Å². The first kappa shape index (κ1) is 22.0. The van der Waals surface area contributed by atoms with Crippen LogP contribution < -0.4 is 20.1 Å². The average molecular weight is 445 g/mol. The SMILES string of the molecule is COc1ccc(S(=O)(=O)c2cc(F)ccc2NCC(=O)Nc2cccnc2)cc1OC. The van der Waals surface area contributed by atoms with Gasteiger partial charge < -0.3 is 20.1 Å². The van der Waals surface area contributed by atoms with Gasteiger partial charge in [0.25, 0.3) is 0 Å². The molecule has 0 aliphatic heterocycles. The number of benzene rings is 2. The highest BCUT2D eigenvalue weighted by Crippen LogP contribution is 2.34. The van der Waals surface area contributed by atoms with Crippen molar-refractivity contribution in [3.8, 4) is 11.5 Å². The van der Waals surface area contributed by atoms with Gasteiger partial charge in [-0.3, -0.25) is 9.78 Å². The first-order valence-electron chi connectivity index (χ1n) is 9.05. The number of carbonyl (C=O) groups is 1. The highest BCUT2D eigenvalue weighted by atomic mass is 32.2. The first-order chi connectivity index (χ1) is 14.8. The molecule has 1 aromatic heterocycles. The second kappa shape index (κ2) is 9.43. The van der Waals surface area contributed by atoms with Gasteiger partial charge in [-0.05, 0) is 42.5 Å². The van der Waals surface area contributed by atoms with E-state index < -0.39 is 21.6 Å². The van der Waals surface area contributed by atoms with Crippen molar-refractivity contribution in [2.45, 2.75) is 9.79 Å². The normalized spacial score (nSPS) is 10.9. The fraction of sp³-hybridized carbons (Fsp3) is 0.143. The van der Waals surface area contributed by atoms with E-state index in [1.54, 1.807) is 18.3 Å². The maximum absolute atomic E-state index is 13.9. The topological polar surface area (TPSA) is 107 Å². The number of hydrogen-bond donors (Lipinski definition) is 2. The van der Waals surface area contributed by atoms with Gasteiger partial charge in [-0.1, -0.05) is 0 Å². The predicted octanol–water partition coefficient (Wildman–Crippen LogP) is 3.12. The molecule has 0 spiro atoms. The molecule has 1 amide bonds. The second-order valence-corrected chi connectivity index (χ2v) is 8.22. The van der Waals surface area contributed by atoms with Crippen molar-refractivity contribution in [3.63, 3.8) is 0 Å². The Balaban J connectivity index is 1.87. The van der Waals surface area contributed by atoms with E-state index in [1.807, 2.05) is 0 Å². The molecule has 0 radical (unpaired) electrons. The monoisotopic (exact) mass is 445 g/mol. The first-order valence-corrected chi connectivity index (χ1v) is 10.5. The number of aromatic nitrogens is 1. The Hall–Kier alpha value is -3.66. The summed E-state index contributed by atoms with van der Waals surface area (Å²) >= 11 is 0. The quantitative estimate of drug-likeness (QED) is 0.549. The van der Waals surface area contributed by atoms with Crippen LogP contribution in [-0.4, -0.2) is 40.1 Å². The molecule has 0 aliphatic carbocycles. The van der Waals surface area contributed by atoms with Crippen molar-refractivity contribution in [2.75, 3.05) is 31.4 Å². The summed E-state index contributed by atoms with van der Waals surface area (Å²) in [4.78, 5) is 15.7. The van der Waals surface area contributed by atoms with Gasteiger partial charge in [-0.15, -0.1) is 0 Å². The lowest BCUT2D eigenvalue weighted by atomic mass is 10.3. The number of halogens is 1. The average Bonchev–Trinajstić information content (AvgIpc) is 2.78. The van der Waals surface area contributed by atoms with Crippen LogP contribution in [0, 0.1) is 5.82 Å². The van der Waals surface area contributed by atoms with Crippen LogP contribution in [0.2, 0.25) is 0 Å². The summed E-state index contributed by atoms with van der Waals surface area (Å²) in [6.07, 6.45) is 3.04. The summed E-state index contributed by atoms with van der Waals surface area (Å²) < 4.78 is 50.6. The fourth-order valence-electron chi connectivity index (χ4n) is 2.79. The standard InChI is InChI=1S/C21H20FN3O5S/c1-29-18-8-6-16(11-19(18)30-2)31(27,28)20-10-14(22)5-7-17(20)24-13-21(26)25-15-4-3-9-23-12-15/h3-12,24H,13H2,1-2H3,(H,25,26). The van der Waals surface area contributed by atoms with Crippen LogP contribution in [0.15, 0.2) is 70.7 Å². The minimum atomic E-state index is -4.14. The number of ether oxygens (including phenoxy) is 2. The Morgan fingerprint density at radius 2 is 1.84 bits per heavy atom. The number of nitrogens with one attached hydrogen (secondary N) is 2. The van der Waals surface area contributed by atoms with E-state index in [1.165, 1.54) is 44.7 Å². The molecule has 3 rings (SSSR count). The number of sulfone groups is 1.